The molecule has 0 unspecified atom stereocenters. The first-order valence-corrected chi connectivity index (χ1v) is 7.57. The summed E-state index contributed by atoms with van der Waals surface area (Å²) in [6, 6.07) is 7.73. The van der Waals surface area contributed by atoms with Crippen molar-refractivity contribution in [3.63, 3.8) is 0 Å². The summed E-state index contributed by atoms with van der Waals surface area (Å²) in [7, 11) is 0. The molecule has 19 heavy (non-hydrogen) atoms. The lowest BCUT2D eigenvalue weighted by Gasteiger charge is -2.08. The number of hydrogen-bond donors (Lipinski definition) is 0. The van der Waals surface area contributed by atoms with Gasteiger partial charge >= 0.3 is 0 Å². The van der Waals surface area contributed by atoms with E-state index in [0.29, 0.717) is 0 Å². The van der Waals surface area contributed by atoms with E-state index in [9.17, 15) is 4.79 Å². The zero-order valence-corrected chi connectivity index (χ0v) is 13.5. The predicted octanol–water partition coefficient (Wildman–Crippen LogP) is 4.70. The molecule has 1 aromatic heterocycles. The molecule has 1 heterocycles. The Kier molecular flexibility index (Phi) is 4.42. The van der Waals surface area contributed by atoms with Gasteiger partial charge in [0.25, 0.3) is 0 Å². The summed E-state index contributed by atoms with van der Waals surface area (Å²) in [5.74, 6) is 0.772. The van der Waals surface area contributed by atoms with Crippen LogP contribution in [0.5, 0.6) is 5.75 Å². The van der Waals surface area contributed by atoms with Crippen LogP contribution in [0.25, 0.3) is 0 Å². The molecule has 0 aliphatic heterocycles. The van der Waals surface area contributed by atoms with Crippen LogP contribution < -0.4 is 4.74 Å². The van der Waals surface area contributed by atoms with E-state index >= 15 is 0 Å². The van der Waals surface area contributed by atoms with Gasteiger partial charge in [-0.05, 0) is 44.5 Å². The van der Waals surface area contributed by atoms with Crippen molar-refractivity contribution in [3.05, 3.63) is 49.6 Å². The number of Topliss-reactive ketones (excluding diaryl/α,β-unsaturated/α-hetero) is 1. The van der Waals surface area contributed by atoms with Crippen LogP contribution in [0.2, 0.25) is 0 Å². The number of halogens is 1. The van der Waals surface area contributed by atoms with Gasteiger partial charge in [-0.1, -0.05) is 22.0 Å². The van der Waals surface area contributed by atoms with Crippen molar-refractivity contribution < 1.29 is 9.53 Å². The van der Waals surface area contributed by atoms with Crippen LogP contribution in [-0.2, 0) is 0 Å². The minimum absolute atomic E-state index is 0.0289. The van der Waals surface area contributed by atoms with Gasteiger partial charge in [0.05, 0.1) is 0 Å². The number of benzene rings is 1. The maximum Gasteiger partial charge on any atom is 0.201 e. The normalized spacial score (nSPS) is 10.5. The Morgan fingerprint density at radius 2 is 2.00 bits per heavy atom. The van der Waals surface area contributed by atoms with Crippen LogP contribution in [0.4, 0.5) is 0 Å². The minimum atomic E-state index is 0.0289. The highest BCUT2D eigenvalue weighted by atomic mass is 79.9. The molecule has 1 aromatic carbocycles. The van der Waals surface area contributed by atoms with E-state index in [1.54, 1.807) is 11.3 Å². The monoisotopic (exact) mass is 338 g/mol. The van der Waals surface area contributed by atoms with Crippen LogP contribution in [0.3, 0.4) is 0 Å². The van der Waals surface area contributed by atoms with E-state index in [2.05, 4.69) is 15.9 Å². The van der Waals surface area contributed by atoms with Crippen molar-refractivity contribution >= 4 is 33.0 Å². The van der Waals surface area contributed by atoms with Gasteiger partial charge in [-0.2, -0.15) is 0 Å². The van der Waals surface area contributed by atoms with Gasteiger partial charge in [-0.15, -0.1) is 11.3 Å². The molecular weight excluding hydrogens is 324 g/mol. The highest BCUT2D eigenvalue weighted by Crippen LogP contribution is 2.24. The smallest absolute Gasteiger partial charge is 0.201 e. The van der Waals surface area contributed by atoms with Crippen LogP contribution >= 0.6 is 27.3 Å². The lowest BCUT2D eigenvalue weighted by molar-refractivity contribution is 0.0921. The highest BCUT2D eigenvalue weighted by Gasteiger charge is 2.13. The van der Waals surface area contributed by atoms with Gasteiger partial charge in [0.15, 0.2) is 6.61 Å². The fourth-order valence-corrected chi connectivity index (χ4v) is 3.14. The second-order valence-corrected chi connectivity index (χ2v) is 6.82. The maximum absolute atomic E-state index is 12.1. The number of carbonyl (C=O) groups excluding carboxylic acids is 1. The van der Waals surface area contributed by atoms with Crippen LogP contribution in [0, 0.1) is 20.8 Å². The maximum atomic E-state index is 12.1. The van der Waals surface area contributed by atoms with Gasteiger partial charge in [0.2, 0.25) is 5.78 Å². The molecule has 0 amide bonds. The third-order valence-corrected chi connectivity index (χ3v) is 4.31. The number of ketones is 1. The quantitative estimate of drug-likeness (QED) is 0.755. The third-order valence-electron chi connectivity index (χ3n) is 2.85. The van der Waals surface area contributed by atoms with Gasteiger partial charge in [0, 0.05) is 19.8 Å². The standard InChI is InChI=1S/C15H15BrO2S/c1-9-4-5-12(16)7-15(9)18-8-14(17)13-6-10(2)19-11(13)3/h4-7H,8H2,1-3H3. The molecule has 0 radical (unpaired) electrons. The molecule has 100 valence electrons. The molecule has 2 nitrogen and oxygen atoms in total. The zero-order chi connectivity index (χ0) is 14.0. The van der Waals surface area contributed by atoms with E-state index in [-0.39, 0.29) is 12.4 Å². The Balaban J connectivity index is 2.08. The fourth-order valence-electron chi connectivity index (χ4n) is 1.86. The second kappa shape index (κ2) is 5.88. The van der Waals surface area contributed by atoms with Gasteiger partial charge < -0.3 is 4.74 Å². The molecule has 2 aromatic rings. The summed E-state index contributed by atoms with van der Waals surface area (Å²) >= 11 is 5.04. The first-order chi connectivity index (χ1) is 8.97. The molecule has 0 N–H and O–H groups in total. The van der Waals surface area contributed by atoms with E-state index in [4.69, 9.17) is 4.74 Å². The van der Waals surface area contributed by atoms with Crippen molar-refractivity contribution in [1.82, 2.24) is 0 Å². The Hall–Kier alpha value is -1.13. The average molecular weight is 339 g/mol. The fraction of sp³-hybridized carbons (Fsp3) is 0.267. The summed E-state index contributed by atoms with van der Waals surface area (Å²) in [4.78, 5) is 14.3. The Morgan fingerprint density at radius 1 is 1.26 bits per heavy atom. The highest BCUT2D eigenvalue weighted by molar-refractivity contribution is 9.10. The molecule has 0 atom stereocenters. The van der Waals surface area contributed by atoms with Crippen LogP contribution in [0.1, 0.15) is 25.7 Å². The number of rotatable bonds is 4. The van der Waals surface area contributed by atoms with Crippen molar-refractivity contribution in [1.29, 1.82) is 0 Å². The van der Waals surface area contributed by atoms with Crippen molar-refractivity contribution in [2.75, 3.05) is 6.61 Å². The van der Waals surface area contributed by atoms with E-state index in [1.165, 1.54) is 0 Å². The molecule has 0 aliphatic rings. The van der Waals surface area contributed by atoms with Crippen LogP contribution in [-0.4, -0.2) is 12.4 Å². The van der Waals surface area contributed by atoms with Crippen molar-refractivity contribution in [3.8, 4) is 5.75 Å². The van der Waals surface area contributed by atoms with E-state index < -0.39 is 0 Å². The number of hydrogen-bond acceptors (Lipinski definition) is 3. The Bertz CT molecular complexity index is 617. The van der Waals surface area contributed by atoms with Gasteiger partial charge in [-0.3, -0.25) is 4.79 Å². The number of thiophene rings is 1. The average Bonchev–Trinajstić information content (AvgIpc) is 2.69. The first-order valence-electron chi connectivity index (χ1n) is 5.96. The van der Waals surface area contributed by atoms with Crippen molar-refractivity contribution in [2.24, 2.45) is 0 Å². The molecular formula is C15H15BrO2S. The molecule has 0 bridgehead atoms. The third kappa shape index (κ3) is 3.45. The topological polar surface area (TPSA) is 26.3 Å². The lowest BCUT2D eigenvalue weighted by atomic mass is 10.1. The Morgan fingerprint density at radius 3 is 2.63 bits per heavy atom. The molecule has 0 aliphatic carbocycles. The van der Waals surface area contributed by atoms with Gasteiger partial charge in [-0.25, -0.2) is 0 Å². The summed E-state index contributed by atoms with van der Waals surface area (Å²) in [5, 5.41) is 0. The van der Waals surface area contributed by atoms with Crippen LogP contribution in [0.15, 0.2) is 28.7 Å². The zero-order valence-electron chi connectivity index (χ0n) is 11.1. The summed E-state index contributed by atoms with van der Waals surface area (Å²) < 4.78 is 6.57. The van der Waals surface area contributed by atoms with Gasteiger partial charge in [0.1, 0.15) is 5.75 Å². The SMILES string of the molecule is Cc1cc(C(=O)COc2cc(Br)ccc2C)c(C)s1. The first kappa shape index (κ1) is 14.3. The van der Waals surface area contributed by atoms with E-state index in [1.807, 2.05) is 45.0 Å². The summed E-state index contributed by atoms with van der Waals surface area (Å²) in [6.07, 6.45) is 0. The predicted molar refractivity (Wildman–Crippen MR) is 82.5 cm³/mol. The number of aryl methyl sites for hydroxylation is 3. The molecule has 0 saturated carbocycles. The largest absolute Gasteiger partial charge is 0.485 e. The molecule has 0 spiro atoms. The van der Waals surface area contributed by atoms with Crippen molar-refractivity contribution in [2.45, 2.75) is 20.8 Å². The molecule has 2 rings (SSSR count). The van der Waals surface area contributed by atoms with E-state index in [0.717, 1.165) is 31.1 Å². The second-order valence-electron chi connectivity index (χ2n) is 4.45. The Labute approximate surface area is 125 Å². The molecule has 0 saturated heterocycles. The number of carbonyl (C=O) groups is 1. The number of ether oxygens (including phenoxy) is 1. The molecule has 4 heteroatoms. The summed E-state index contributed by atoms with van der Waals surface area (Å²) in [5.41, 5.74) is 1.80. The molecule has 0 fully saturated rings. The summed E-state index contributed by atoms with van der Waals surface area (Å²) in [6.45, 7) is 6.02. The minimum Gasteiger partial charge on any atom is -0.485 e. The lowest BCUT2D eigenvalue weighted by Crippen LogP contribution is -2.12.